The lowest BCUT2D eigenvalue weighted by molar-refractivity contribution is -0.127. The van der Waals surface area contributed by atoms with Crippen molar-refractivity contribution in [1.82, 2.24) is 0 Å². The Hall–Kier alpha value is -0.410. The highest BCUT2D eigenvalue weighted by Gasteiger charge is 2.26. The van der Waals surface area contributed by atoms with Crippen LogP contribution in [-0.2, 0) is 9.53 Å². The van der Waals surface area contributed by atoms with Gasteiger partial charge in [-0.25, -0.2) is 0 Å². The van der Waals surface area contributed by atoms with Crippen LogP contribution in [0.4, 0.5) is 0 Å². The Bertz CT molecular complexity index is 195. The van der Waals surface area contributed by atoms with Gasteiger partial charge in [0.25, 0.3) is 0 Å². The number of ether oxygens (including phenoxy) is 1. The zero-order valence-corrected chi connectivity index (χ0v) is 9.21. The zero-order valence-electron chi connectivity index (χ0n) is 9.21. The summed E-state index contributed by atoms with van der Waals surface area (Å²) in [4.78, 5) is 11.7. The molecular formula is C11H21NO2. The summed E-state index contributed by atoms with van der Waals surface area (Å²) in [6.07, 6.45) is 4.03. The van der Waals surface area contributed by atoms with E-state index in [0.717, 1.165) is 25.9 Å². The summed E-state index contributed by atoms with van der Waals surface area (Å²) in [5.74, 6) is 0.260. The molecule has 0 aliphatic carbocycles. The quantitative estimate of drug-likeness (QED) is 0.730. The van der Waals surface area contributed by atoms with Crippen molar-refractivity contribution >= 4 is 5.78 Å². The second kappa shape index (κ2) is 4.89. The molecule has 0 saturated carbocycles. The molecule has 0 aromatic heterocycles. The number of Topliss-reactive ketones (excluding diaryl/α,β-unsaturated/α-hetero) is 1. The number of carbonyl (C=O) groups is 1. The van der Waals surface area contributed by atoms with E-state index in [1.54, 1.807) is 0 Å². The minimum absolute atomic E-state index is 0.260. The van der Waals surface area contributed by atoms with Gasteiger partial charge in [0, 0.05) is 25.0 Å². The molecule has 1 heterocycles. The highest BCUT2D eigenvalue weighted by Crippen LogP contribution is 2.22. The van der Waals surface area contributed by atoms with Gasteiger partial charge in [-0.15, -0.1) is 0 Å². The first kappa shape index (κ1) is 11.7. The molecule has 1 atom stereocenters. The minimum atomic E-state index is -0.362. The molecule has 1 rings (SSSR count). The fourth-order valence-electron chi connectivity index (χ4n) is 1.62. The van der Waals surface area contributed by atoms with E-state index >= 15 is 0 Å². The molecule has 82 valence electrons. The average Bonchev–Trinajstić information content (AvgIpc) is 2.66. The summed E-state index contributed by atoms with van der Waals surface area (Å²) in [7, 11) is 0. The molecule has 1 unspecified atom stereocenters. The summed E-state index contributed by atoms with van der Waals surface area (Å²) < 4.78 is 5.47. The molecular weight excluding hydrogens is 178 g/mol. The molecule has 2 N–H and O–H groups in total. The molecule has 0 amide bonds. The molecule has 0 radical (unpaired) electrons. The smallest absolute Gasteiger partial charge is 0.139 e. The van der Waals surface area contributed by atoms with Gasteiger partial charge in [-0.05, 0) is 19.3 Å². The number of ketones is 1. The zero-order chi connectivity index (χ0) is 10.6. The van der Waals surface area contributed by atoms with E-state index in [1.165, 1.54) is 0 Å². The first-order valence-corrected chi connectivity index (χ1v) is 5.41. The predicted molar refractivity (Wildman–Crippen MR) is 56.1 cm³/mol. The first-order chi connectivity index (χ1) is 6.56. The van der Waals surface area contributed by atoms with Gasteiger partial charge in [0.2, 0.25) is 0 Å². The third kappa shape index (κ3) is 3.07. The molecule has 1 fully saturated rings. The van der Waals surface area contributed by atoms with Crippen LogP contribution >= 0.6 is 0 Å². The Balaban J connectivity index is 2.26. The van der Waals surface area contributed by atoms with Crippen LogP contribution in [-0.4, -0.2) is 25.0 Å². The van der Waals surface area contributed by atoms with Crippen LogP contribution in [0.2, 0.25) is 0 Å². The summed E-state index contributed by atoms with van der Waals surface area (Å²) in [5, 5.41) is 0. The first-order valence-electron chi connectivity index (χ1n) is 5.41. The highest BCUT2D eigenvalue weighted by atomic mass is 16.5. The Labute approximate surface area is 86.0 Å². The maximum Gasteiger partial charge on any atom is 0.139 e. The molecule has 1 aliphatic rings. The van der Waals surface area contributed by atoms with Crippen molar-refractivity contribution in [2.75, 3.05) is 13.2 Å². The van der Waals surface area contributed by atoms with E-state index in [0.29, 0.717) is 19.1 Å². The van der Waals surface area contributed by atoms with Gasteiger partial charge in [-0.2, -0.15) is 0 Å². The van der Waals surface area contributed by atoms with Gasteiger partial charge in [0.1, 0.15) is 5.78 Å². The lowest BCUT2D eigenvalue weighted by Crippen LogP contribution is -2.33. The van der Waals surface area contributed by atoms with Crippen LogP contribution < -0.4 is 5.73 Å². The van der Waals surface area contributed by atoms with Crippen LogP contribution in [0, 0.1) is 5.41 Å². The molecule has 0 spiro atoms. The van der Waals surface area contributed by atoms with Gasteiger partial charge in [0.15, 0.2) is 0 Å². The normalized spacial score (nSPS) is 22.6. The minimum Gasteiger partial charge on any atom is -0.378 e. The van der Waals surface area contributed by atoms with E-state index in [2.05, 4.69) is 0 Å². The maximum atomic E-state index is 11.7. The third-order valence-electron chi connectivity index (χ3n) is 2.98. The SMILES string of the molecule is CC(C)(CN)C(=O)CCC1CCCO1. The van der Waals surface area contributed by atoms with Crippen LogP contribution in [0.3, 0.4) is 0 Å². The Morgan fingerprint density at radius 1 is 1.57 bits per heavy atom. The summed E-state index contributed by atoms with van der Waals surface area (Å²) in [6, 6.07) is 0. The van der Waals surface area contributed by atoms with Crippen LogP contribution in [0.5, 0.6) is 0 Å². The van der Waals surface area contributed by atoms with Gasteiger partial charge in [0.05, 0.1) is 6.10 Å². The van der Waals surface area contributed by atoms with Gasteiger partial charge in [-0.3, -0.25) is 4.79 Å². The van der Waals surface area contributed by atoms with E-state index in [1.807, 2.05) is 13.8 Å². The van der Waals surface area contributed by atoms with Gasteiger partial charge >= 0.3 is 0 Å². The molecule has 1 saturated heterocycles. The second-order valence-electron chi connectivity index (χ2n) is 4.68. The topological polar surface area (TPSA) is 52.3 Å². The molecule has 14 heavy (non-hydrogen) atoms. The van der Waals surface area contributed by atoms with Crippen LogP contribution in [0.15, 0.2) is 0 Å². The predicted octanol–water partition coefficient (Wildman–Crippen LogP) is 1.50. The summed E-state index contributed by atoms with van der Waals surface area (Å²) >= 11 is 0. The lowest BCUT2D eigenvalue weighted by atomic mass is 9.85. The standard InChI is InChI=1S/C11H21NO2/c1-11(2,8-12)10(13)6-5-9-4-3-7-14-9/h9H,3-8,12H2,1-2H3. The van der Waals surface area contributed by atoms with E-state index < -0.39 is 0 Å². The monoisotopic (exact) mass is 199 g/mol. The summed E-state index contributed by atoms with van der Waals surface area (Å²) in [5.41, 5.74) is 5.18. The van der Waals surface area contributed by atoms with Gasteiger partial charge in [-0.1, -0.05) is 13.8 Å². The van der Waals surface area contributed by atoms with Crippen molar-refractivity contribution in [2.24, 2.45) is 11.1 Å². The molecule has 0 aromatic rings. The molecule has 0 aromatic carbocycles. The second-order valence-corrected chi connectivity index (χ2v) is 4.68. The van der Waals surface area contributed by atoms with Crippen molar-refractivity contribution in [1.29, 1.82) is 0 Å². The third-order valence-corrected chi connectivity index (χ3v) is 2.98. The highest BCUT2D eigenvalue weighted by molar-refractivity contribution is 5.84. The van der Waals surface area contributed by atoms with Crippen molar-refractivity contribution in [3.05, 3.63) is 0 Å². The number of rotatable bonds is 5. The Morgan fingerprint density at radius 3 is 2.79 bits per heavy atom. The molecule has 1 aliphatic heterocycles. The average molecular weight is 199 g/mol. The lowest BCUT2D eigenvalue weighted by Gasteiger charge is -2.21. The van der Waals surface area contributed by atoms with Crippen LogP contribution in [0.25, 0.3) is 0 Å². The fraction of sp³-hybridized carbons (Fsp3) is 0.909. The Morgan fingerprint density at radius 2 is 2.29 bits per heavy atom. The van der Waals surface area contributed by atoms with E-state index in [9.17, 15) is 4.79 Å². The van der Waals surface area contributed by atoms with Crippen LogP contribution in [0.1, 0.15) is 39.5 Å². The van der Waals surface area contributed by atoms with Crippen molar-refractivity contribution in [3.63, 3.8) is 0 Å². The largest absolute Gasteiger partial charge is 0.378 e. The van der Waals surface area contributed by atoms with Crippen molar-refractivity contribution < 1.29 is 9.53 Å². The number of carbonyl (C=O) groups excluding carboxylic acids is 1. The number of hydrogen-bond acceptors (Lipinski definition) is 3. The van der Waals surface area contributed by atoms with Crippen molar-refractivity contribution in [2.45, 2.75) is 45.6 Å². The van der Waals surface area contributed by atoms with E-state index in [-0.39, 0.29) is 11.2 Å². The number of nitrogens with two attached hydrogens (primary N) is 1. The molecule has 3 heteroatoms. The molecule has 3 nitrogen and oxygen atoms in total. The van der Waals surface area contributed by atoms with Crippen molar-refractivity contribution in [3.8, 4) is 0 Å². The number of hydrogen-bond donors (Lipinski definition) is 1. The fourth-order valence-corrected chi connectivity index (χ4v) is 1.62. The molecule has 0 bridgehead atoms. The Kier molecular flexibility index (Phi) is 4.08. The summed E-state index contributed by atoms with van der Waals surface area (Å²) in [6.45, 7) is 5.10. The van der Waals surface area contributed by atoms with E-state index in [4.69, 9.17) is 10.5 Å². The van der Waals surface area contributed by atoms with Gasteiger partial charge < -0.3 is 10.5 Å². The maximum absolute atomic E-state index is 11.7.